The van der Waals surface area contributed by atoms with Crippen molar-refractivity contribution in [3.05, 3.63) is 160 Å². The Morgan fingerprint density at radius 3 is 2.13 bits per heavy atom. The Bertz CT molecular complexity index is 4400. The zero-order valence-corrected chi connectivity index (χ0v) is 68.4. The van der Waals surface area contributed by atoms with Gasteiger partial charge in [0.1, 0.15) is 17.2 Å². The number of likely N-dealkylation sites (tertiary alicyclic amines) is 1. The van der Waals surface area contributed by atoms with Gasteiger partial charge in [0, 0.05) is 131 Å². The number of aryl methyl sites for hydroxylation is 1. The van der Waals surface area contributed by atoms with E-state index in [2.05, 4.69) is 59.6 Å². The van der Waals surface area contributed by atoms with Gasteiger partial charge in [-0.15, -0.1) is 23.1 Å². The van der Waals surface area contributed by atoms with E-state index in [0.29, 0.717) is 115 Å². The van der Waals surface area contributed by atoms with Crippen molar-refractivity contribution in [2.45, 2.75) is 169 Å². The van der Waals surface area contributed by atoms with Crippen molar-refractivity contribution in [1.29, 1.82) is 0 Å². The number of unbranched alkanes of at least 4 members (excludes halogenated alkanes) is 3. The lowest BCUT2D eigenvalue weighted by molar-refractivity contribution is -0.143. The van der Waals surface area contributed by atoms with Crippen LogP contribution in [0, 0.1) is 17.8 Å². The molecule has 11 rings (SSSR count). The highest BCUT2D eigenvalue weighted by atomic mass is 35.5. The molecular weight excluding hydrogens is 1520 g/mol. The van der Waals surface area contributed by atoms with Crippen LogP contribution in [-0.4, -0.2) is 216 Å². The molecule has 1 aliphatic carbocycles. The van der Waals surface area contributed by atoms with Crippen LogP contribution in [0.5, 0.6) is 0 Å². The Labute approximate surface area is 665 Å². The lowest BCUT2D eigenvalue weighted by atomic mass is 9.71. The SMILES string of the molecule is Cc1ncsc1-c1ccc([C@H](C)NC(=O)[C@@H]2CCCN2C(=O)[C@@H](NC(O)CCCCCCC(=O)N2CCN(C[C@]3(C)CCC(c4ccc(Cl)cc4)=C(CN4CCN(c5ccc(C(=O)NS(=O)(=O)c6ccc(N[C@H](CCN7CCOCC7)CSc7ccccc7)c(S(=O)(=O)C(F)(F)F)c6)cc5)CC4)C3)CC2)C(C)(C)C)cc1. The number of aliphatic hydroxyl groups excluding tert-OH is 1. The minimum atomic E-state index is -6.11. The summed E-state index contributed by atoms with van der Waals surface area (Å²) < 4.78 is 105. The number of aromatic nitrogens is 1. The number of hydrogen-bond donors (Lipinski definition) is 5. The van der Waals surface area contributed by atoms with Gasteiger partial charge in [-0.2, -0.15) is 13.2 Å². The highest BCUT2D eigenvalue weighted by Gasteiger charge is 2.49. The zero-order chi connectivity index (χ0) is 79.3. The Morgan fingerprint density at radius 2 is 1.46 bits per heavy atom. The van der Waals surface area contributed by atoms with E-state index in [9.17, 15) is 54.3 Å². The van der Waals surface area contributed by atoms with Gasteiger partial charge in [-0.3, -0.25) is 39.2 Å². The molecule has 4 saturated heterocycles. The number of anilines is 2. The largest absolute Gasteiger partial charge is 0.501 e. The van der Waals surface area contributed by atoms with E-state index in [1.807, 2.05) is 116 Å². The monoisotopic (exact) mass is 1630 g/mol. The molecule has 0 saturated carbocycles. The summed E-state index contributed by atoms with van der Waals surface area (Å²) in [7, 11) is -11.0. The maximum absolute atomic E-state index is 14.4. The second kappa shape index (κ2) is 38.0. The molecular formula is C82H107ClF3N11O10S4. The van der Waals surface area contributed by atoms with Gasteiger partial charge < -0.3 is 35.2 Å². The summed E-state index contributed by atoms with van der Waals surface area (Å²) in [6, 6.07) is 32.3. The second-order valence-electron chi connectivity index (χ2n) is 31.5. The molecule has 4 fully saturated rings. The number of alkyl halides is 3. The van der Waals surface area contributed by atoms with Crippen molar-refractivity contribution >= 4 is 95.1 Å². The van der Waals surface area contributed by atoms with E-state index in [1.165, 1.54) is 35.0 Å². The number of thioether (sulfide) groups is 1. The third kappa shape index (κ3) is 22.7. The number of allylic oxidation sites excluding steroid dienone is 1. The number of sulfonamides is 1. The molecule has 5 N–H and O–H groups in total. The number of thiazole rings is 1. The maximum atomic E-state index is 14.4. The number of morpholine rings is 1. The first-order valence-electron chi connectivity index (χ1n) is 38.8. The Morgan fingerprint density at radius 1 is 0.784 bits per heavy atom. The van der Waals surface area contributed by atoms with Crippen LogP contribution in [0.2, 0.25) is 5.02 Å². The summed E-state index contributed by atoms with van der Waals surface area (Å²) in [5, 5.41) is 21.4. The van der Waals surface area contributed by atoms with Gasteiger partial charge in [0.15, 0.2) is 0 Å². The van der Waals surface area contributed by atoms with Crippen molar-refractivity contribution in [2.24, 2.45) is 10.8 Å². The van der Waals surface area contributed by atoms with Gasteiger partial charge in [-0.25, -0.2) is 26.5 Å². The van der Waals surface area contributed by atoms with E-state index < -0.39 is 76.5 Å². The van der Waals surface area contributed by atoms with Gasteiger partial charge in [0.25, 0.3) is 25.8 Å². The lowest BCUT2D eigenvalue weighted by Crippen LogP contribution is -2.58. The zero-order valence-electron chi connectivity index (χ0n) is 64.4. The first kappa shape index (κ1) is 84.9. The molecule has 4 aliphatic heterocycles. The van der Waals surface area contributed by atoms with E-state index in [0.717, 1.165) is 134 Å². The van der Waals surface area contributed by atoms with Gasteiger partial charge in [0.05, 0.1) is 52.0 Å². The molecule has 21 nitrogen and oxygen atoms in total. The van der Waals surface area contributed by atoms with Gasteiger partial charge in [-0.05, 0) is 171 Å². The van der Waals surface area contributed by atoms with Gasteiger partial charge >= 0.3 is 5.51 Å². The number of ether oxygens (including phenoxy) is 1. The number of nitrogens with zero attached hydrogens (tertiary/aromatic N) is 7. The highest BCUT2D eigenvalue weighted by Crippen LogP contribution is 2.45. The fourth-order valence-corrected chi connectivity index (χ4v) is 19.6. The van der Waals surface area contributed by atoms with Crippen molar-refractivity contribution in [1.82, 2.24) is 44.8 Å². The van der Waals surface area contributed by atoms with Crippen LogP contribution in [0.25, 0.3) is 16.0 Å². The standard InChI is InChI=1S/C82H107ClF3N11O10S4/c1-57(59-20-22-61(23-21-59)75-58(2)87-56-109-75)88-78(101)71-17-14-37-97(71)79(102)76(80(3,4)5)90-73(98)18-12-7-8-13-19-74(99)96-45-41-94(42-46-96)55-81(6)36-34-69(60-24-28-64(83)29-25-60)63(52-81)53-93-39-43-95(44-40-93)66-30-26-62(27-31-66)77(100)91-111(105,106)68-32-33-70(72(51-68)110(103,104)82(84,85)86)89-65(35-38-92-47-49-107-50-48-92)54-108-67-15-10-9-11-16-67/h9-11,15-16,20-33,51,56-57,65,71,73,76,89-90,98H,7-8,12-14,17-19,34-50,52-55H2,1-6H3,(H,88,101)(H,91,100)/t57-,65+,71-,73?,76+,81+/m0/s1. The molecule has 0 bridgehead atoms. The number of carbonyl (C=O) groups excluding carboxylic acids is 4. The van der Waals surface area contributed by atoms with Gasteiger partial charge in [-0.1, -0.05) is 112 Å². The summed E-state index contributed by atoms with van der Waals surface area (Å²) in [6.45, 7) is 23.0. The first-order valence-corrected chi connectivity index (χ1v) is 44.0. The fourth-order valence-electron chi connectivity index (χ4n) is 15.7. The first-order chi connectivity index (χ1) is 52.9. The van der Waals surface area contributed by atoms with Crippen LogP contribution in [0.15, 0.2) is 147 Å². The van der Waals surface area contributed by atoms with Crippen LogP contribution < -0.4 is 25.6 Å². The molecule has 4 amide bonds. The van der Waals surface area contributed by atoms with Crippen LogP contribution in [0.4, 0.5) is 24.5 Å². The minimum absolute atomic E-state index is 0.0151. The predicted octanol–water partition coefficient (Wildman–Crippen LogP) is 12.9. The Hall–Kier alpha value is -6.96. The molecule has 29 heteroatoms. The van der Waals surface area contributed by atoms with Crippen molar-refractivity contribution in [3.63, 3.8) is 0 Å². The molecule has 1 unspecified atom stereocenters. The Kier molecular flexibility index (Phi) is 29.1. The number of sulfone groups is 1. The summed E-state index contributed by atoms with van der Waals surface area (Å²) >= 11 is 9.44. The normalized spacial score (nSPS) is 19.9. The molecule has 602 valence electrons. The second-order valence-corrected chi connectivity index (χ2v) is 37.5. The number of aliphatic hydroxyl groups is 1. The summed E-state index contributed by atoms with van der Waals surface area (Å²) in [5.74, 6) is -0.918. The van der Waals surface area contributed by atoms with Crippen molar-refractivity contribution in [2.75, 3.05) is 121 Å². The van der Waals surface area contributed by atoms with Crippen molar-refractivity contribution < 1.29 is 59.0 Å². The highest BCUT2D eigenvalue weighted by molar-refractivity contribution is 7.99. The number of benzene rings is 5. The molecule has 6 atom stereocenters. The summed E-state index contributed by atoms with van der Waals surface area (Å²) in [4.78, 5) is 72.7. The average molecular weight is 1630 g/mol. The van der Waals surface area contributed by atoms with Crippen LogP contribution in [0.3, 0.4) is 0 Å². The van der Waals surface area contributed by atoms with E-state index in [1.54, 1.807) is 28.4 Å². The van der Waals surface area contributed by atoms with E-state index in [4.69, 9.17) is 16.3 Å². The number of nitrogens with one attached hydrogen (secondary N) is 4. The molecule has 6 aromatic rings. The van der Waals surface area contributed by atoms with Crippen LogP contribution >= 0.6 is 34.7 Å². The van der Waals surface area contributed by atoms with Crippen LogP contribution in [-0.2, 0) is 39.0 Å². The molecule has 1 aromatic heterocycles. The minimum Gasteiger partial charge on any atom is -0.380 e. The maximum Gasteiger partial charge on any atom is 0.501 e. The topological polar surface area (TPSA) is 246 Å². The Balaban J connectivity index is 0.618. The number of hydrogen-bond acceptors (Lipinski definition) is 19. The molecule has 5 heterocycles. The third-order valence-corrected chi connectivity index (χ3v) is 27.4. The molecule has 5 aromatic carbocycles. The number of amides is 4. The van der Waals surface area contributed by atoms with Gasteiger partial charge in [0.2, 0.25) is 17.7 Å². The van der Waals surface area contributed by atoms with Crippen molar-refractivity contribution in [3.8, 4) is 10.4 Å². The quantitative estimate of drug-likeness (QED) is 0.0150. The molecule has 5 aliphatic rings. The number of rotatable bonds is 32. The average Bonchev–Trinajstić information content (AvgIpc) is 1.56. The smallest absolute Gasteiger partial charge is 0.380 e. The molecule has 111 heavy (non-hydrogen) atoms. The third-order valence-electron chi connectivity index (χ3n) is 22.1. The molecule has 0 radical (unpaired) electrons. The van der Waals surface area contributed by atoms with E-state index >= 15 is 0 Å². The summed E-state index contributed by atoms with van der Waals surface area (Å²) in [5.41, 5.74) is 2.77. The van der Waals surface area contributed by atoms with E-state index in [-0.39, 0.29) is 34.7 Å². The van der Waals surface area contributed by atoms with Crippen LogP contribution in [0.1, 0.15) is 145 Å². The lowest BCUT2D eigenvalue weighted by Gasteiger charge is -2.44. The number of halogens is 4. The summed E-state index contributed by atoms with van der Waals surface area (Å²) in [6.07, 6.45) is 7.63. The number of piperazine rings is 2. The molecule has 0 spiro atoms. The predicted molar refractivity (Wildman–Crippen MR) is 433 cm³/mol. The number of carbonyl (C=O) groups is 4. The fraction of sp³-hybridized carbons (Fsp3) is 0.524.